The van der Waals surface area contributed by atoms with Crippen LogP contribution in [0.4, 0.5) is 0 Å². The van der Waals surface area contributed by atoms with Crippen LogP contribution in [0.25, 0.3) is 11.7 Å². The zero-order chi connectivity index (χ0) is 19.2. The monoisotopic (exact) mass is 386 g/mol. The molecule has 140 valence electrons. The molecule has 2 aromatic heterocycles. The SMILES string of the molecule is CCOc1cc(/C=C/C(=O)OCc2cn3ccccc3n2)cc(Cl)c1OC. The second kappa shape index (κ2) is 8.60. The predicted molar refractivity (Wildman–Crippen MR) is 103 cm³/mol. The molecular weight excluding hydrogens is 368 g/mol. The van der Waals surface area contributed by atoms with Crippen molar-refractivity contribution in [3.8, 4) is 11.5 Å². The molecule has 7 heteroatoms. The number of hydrogen-bond donors (Lipinski definition) is 0. The number of rotatable bonds is 7. The summed E-state index contributed by atoms with van der Waals surface area (Å²) in [5, 5.41) is 0.404. The van der Waals surface area contributed by atoms with Crippen molar-refractivity contribution in [2.45, 2.75) is 13.5 Å². The third-order valence-corrected chi connectivity index (χ3v) is 4.00. The summed E-state index contributed by atoms with van der Waals surface area (Å²) in [7, 11) is 1.52. The van der Waals surface area contributed by atoms with Crippen LogP contribution in [-0.2, 0) is 16.1 Å². The zero-order valence-electron chi connectivity index (χ0n) is 15.0. The van der Waals surface area contributed by atoms with Crippen LogP contribution in [0.3, 0.4) is 0 Å². The van der Waals surface area contributed by atoms with E-state index in [1.165, 1.54) is 13.2 Å². The predicted octanol–water partition coefficient (Wildman–Crippen LogP) is 4.15. The Morgan fingerprint density at radius 1 is 1.33 bits per heavy atom. The van der Waals surface area contributed by atoms with Gasteiger partial charge in [-0.05, 0) is 42.8 Å². The highest BCUT2D eigenvalue weighted by molar-refractivity contribution is 6.32. The van der Waals surface area contributed by atoms with Crippen LogP contribution >= 0.6 is 11.6 Å². The lowest BCUT2D eigenvalue weighted by Crippen LogP contribution is -2.01. The summed E-state index contributed by atoms with van der Waals surface area (Å²) in [6.45, 7) is 2.44. The van der Waals surface area contributed by atoms with E-state index in [-0.39, 0.29) is 6.61 Å². The average molecular weight is 387 g/mol. The van der Waals surface area contributed by atoms with Crippen molar-refractivity contribution >= 4 is 29.3 Å². The average Bonchev–Trinajstić information content (AvgIpc) is 3.08. The van der Waals surface area contributed by atoms with Gasteiger partial charge in [0.15, 0.2) is 11.5 Å². The lowest BCUT2D eigenvalue weighted by Gasteiger charge is -2.11. The first-order valence-electron chi connectivity index (χ1n) is 8.38. The Kier molecular flexibility index (Phi) is 5.98. The number of hydrogen-bond acceptors (Lipinski definition) is 5. The van der Waals surface area contributed by atoms with Crippen molar-refractivity contribution in [2.75, 3.05) is 13.7 Å². The number of methoxy groups -OCH3 is 1. The second-order valence-electron chi connectivity index (χ2n) is 5.61. The Morgan fingerprint density at radius 2 is 2.19 bits per heavy atom. The van der Waals surface area contributed by atoms with Crippen LogP contribution in [0.2, 0.25) is 5.02 Å². The number of halogens is 1. The Bertz CT molecular complexity index is 948. The Hall–Kier alpha value is -2.99. The topological polar surface area (TPSA) is 62.1 Å². The Labute approximate surface area is 161 Å². The van der Waals surface area contributed by atoms with Gasteiger partial charge in [0.05, 0.1) is 24.4 Å². The number of ether oxygens (including phenoxy) is 3. The lowest BCUT2D eigenvalue weighted by atomic mass is 10.2. The first-order chi connectivity index (χ1) is 13.1. The van der Waals surface area contributed by atoms with Gasteiger partial charge in [-0.15, -0.1) is 0 Å². The fraction of sp³-hybridized carbons (Fsp3) is 0.200. The summed E-state index contributed by atoms with van der Waals surface area (Å²) < 4.78 is 17.9. The standard InChI is InChI=1S/C20H19ClN2O4/c1-3-26-17-11-14(10-16(21)20(17)25-2)7-8-19(24)27-13-15-12-23-9-5-4-6-18(23)22-15/h4-12H,3,13H2,1-2H3/b8-7+. The number of benzene rings is 1. The van der Waals surface area contributed by atoms with E-state index in [4.69, 9.17) is 25.8 Å². The third kappa shape index (κ3) is 4.60. The van der Waals surface area contributed by atoms with E-state index in [0.29, 0.717) is 34.4 Å². The molecule has 0 saturated heterocycles. The van der Waals surface area contributed by atoms with Gasteiger partial charge in [0.25, 0.3) is 0 Å². The molecule has 0 amide bonds. The first kappa shape index (κ1) is 18.8. The van der Waals surface area contributed by atoms with Gasteiger partial charge in [0, 0.05) is 18.5 Å². The van der Waals surface area contributed by atoms with E-state index in [9.17, 15) is 4.79 Å². The number of pyridine rings is 1. The van der Waals surface area contributed by atoms with Gasteiger partial charge in [-0.2, -0.15) is 0 Å². The minimum Gasteiger partial charge on any atom is -0.491 e. The van der Waals surface area contributed by atoms with Gasteiger partial charge in [0.2, 0.25) is 0 Å². The Morgan fingerprint density at radius 3 is 2.93 bits per heavy atom. The lowest BCUT2D eigenvalue weighted by molar-refractivity contribution is -0.139. The highest BCUT2D eigenvalue weighted by Crippen LogP contribution is 2.36. The molecule has 0 aliphatic carbocycles. The Balaban J connectivity index is 1.65. The maximum absolute atomic E-state index is 12.0. The van der Waals surface area contributed by atoms with Crippen molar-refractivity contribution in [2.24, 2.45) is 0 Å². The fourth-order valence-corrected chi connectivity index (χ4v) is 2.86. The van der Waals surface area contributed by atoms with Crippen LogP contribution < -0.4 is 9.47 Å². The summed E-state index contributed by atoms with van der Waals surface area (Å²) >= 11 is 6.20. The number of esters is 1. The van der Waals surface area contributed by atoms with Crippen LogP contribution in [0.5, 0.6) is 11.5 Å². The van der Waals surface area contributed by atoms with Crippen LogP contribution in [0.15, 0.2) is 48.8 Å². The molecule has 3 aromatic rings. The minimum atomic E-state index is -0.475. The molecule has 0 aliphatic rings. The van der Waals surface area contributed by atoms with Gasteiger partial charge < -0.3 is 18.6 Å². The van der Waals surface area contributed by atoms with Crippen molar-refractivity contribution in [1.29, 1.82) is 0 Å². The molecule has 27 heavy (non-hydrogen) atoms. The van der Waals surface area contributed by atoms with Crippen LogP contribution in [0, 0.1) is 0 Å². The molecule has 0 atom stereocenters. The van der Waals surface area contributed by atoms with Gasteiger partial charge in [-0.1, -0.05) is 17.7 Å². The summed E-state index contributed by atoms with van der Waals surface area (Å²) in [5.41, 5.74) is 2.18. The van der Waals surface area contributed by atoms with Gasteiger partial charge in [-0.3, -0.25) is 0 Å². The molecule has 1 aromatic carbocycles. The molecular formula is C20H19ClN2O4. The third-order valence-electron chi connectivity index (χ3n) is 3.72. The van der Waals surface area contributed by atoms with Gasteiger partial charge >= 0.3 is 5.97 Å². The molecule has 0 bridgehead atoms. The summed E-state index contributed by atoms with van der Waals surface area (Å²) in [6.07, 6.45) is 6.66. The van der Waals surface area contributed by atoms with Crippen molar-refractivity contribution in [1.82, 2.24) is 9.38 Å². The number of carbonyl (C=O) groups is 1. The van der Waals surface area contributed by atoms with E-state index in [0.717, 1.165) is 5.65 Å². The van der Waals surface area contributed by atoms with E-state index >= 15 is 0 Å². The van der Waals surface area contributed by atoms with Crippen LogP contribution in [0.1, 0.15) is 18.2 Å². The second-order valence-corrected chi connectivity index (χ2v) is 6.01. The molecule has 6 nitrogen and oxygen atoms in total. The van der Waals surface area contributed by atoms with E-state index in [1.54, 1.807) is 18.2 Å². The van der Waals surface area contributed by atoms with Crippen molar-refractivity contribution < 1.29 is 19.0 Å². The smallest absolute Gasteiger partial charge is 0.331 e. The zero-order valence-corrected chi connectivity index (χ0v) is 15.8. The maximum Gasteiger partial charge on any atom is 0.331 e. The number of imidazole rings is 1. The highest BCUT2D eigenvalue weighted by atomic mass is 35.5. The molecule has 0 saturated carbocycles. The molecule has 0 fully saturated rings. The number of fused-ring (bicyclic) bond motifs is 1. The maximum atomic E-state index is 12.0. The highest BCUT2D eigenvalue weighted by Gasteiger charge is 2.11. The molecule has 0 unspecified atom stereocenters. The first-order valence-corrected chi connectivity index (χ1v) is 8.76. The molecule has 0 aliphatic heterocycles. The number of nitrogens with zero attached hydrogens (tertiary/aromatic N) is 2. The molecule has 0 radical (unpaired) electrons. The molecule has 0 N–H and O–H groups in total. The van der Waals surface area contributed by atoms with E-state index in [2.05, 4.69) is 4.98 Å². The van der Waals surface area contributed by atoms with Crippen LogP contribution in [-0.4, -0.2) is 29.1 Å². The van der Waals surface area contributed by atoms with Gasteiger partial charge in [-0.25, -0.2) is 9.78 Å². The number of carbonyl (C=O) groups excluding carboxylic acids is 1. The van der Waals surface area contributed by atoms with E-state index < -0.39 is 5.97 Å². The minimum absolute atomic E-state index is 0.0957. The number of aromatic nitrogens is 2. The van der Waals surface area contributed by atoms with E-state index in [1.807, 2.05) is 41.9 Å². The summed E-state index contributed by atoms with van der Waals surface area (Å²) in [4.78, 5) is 16.4. The molecule has 0 spiro atoms. The van der Waals surface area contributed by atoms with Gasteiger partial charge in [0.1, 0.15) is 12.3 Å². The quantitative estimate of drug-likeness (QED) is 0.451. The fourth-order valence-electron chi connectivity index (χ4n) is 2.56. The van der Waals surface area contributed by atoms with Crippen molar-refractivity contribution in [3.63, 3.8) is 0 Å². The largest absolute Gasteiger partial charge is 0.491 e. The normalized spacial score (nSPS) is 11.1. The van der Waals surface area contributed by atoms with Crippen molar-refractivity contribution in [3.05, 3.63) is 65.1 Å². The summed E-state index contributed by atoms with van der Waals surface area (Å²) in [5.74, 6) is 0.507. The summed E-state index contributed by atoms with van der Waals surface area (Å²) in [6, 6.07) is 9.13. The molecule has 2 heterocycles. The molecule has 3 rings (SSSR count).